The molecule has 0 heterocycles. The number of aliphatic hydroxyl groups is 1. The Morgan fingerprint density at radius 1 is 1.37 bits per heavy atom. The monoisotopic (exact) mass is 282 g/mol. The highest BCUT2D eigenvalue weighted by atomic mass is 19.4. The first-order valence-electron chi connectivity index (χ1n) is 6.69. The largest absolute Gasteiger partial charge is 0.481 e. The van der Waals surface area contributed by atoms with Crippen molar-refractivity contribution >= 4 is 5.97 Å². The average molecular weight is 282 g/mol. The van der Waals surface area contributed by atoms with Crippen molar-refractivity contribution in [3.05, 3.63) is 0 Å². The molecule has 0 aliphatic heterocycles. The molecule has 3 nitrogen and oxygen atoms in total. The van der Waals surface area contributed by atoms with Crippen LogP contribution in [-0.2, 0) is 4.79 Å². The van der Waals surface area contributed by atoms with E-state index in [0.29, 0.717) is 18.8 Å². The van der Waals surface area contributed by atoms with E-state index in [-0.39, 0.29) is 12.8 Å². The van der Waals surface area contributed by atoms with E-state index >= 15 is 0 Å². The molecule has 0 saturated heterocycles. The van der Waals surface area contributed by atoms with Gasteiger partial charge in [0, 0.05) is 0 Å². The number of rotatable bonds is 5. The van der Waals surface area contributed by atoms with Crippen LogP contribution in [0.25, 0.3) is 0 Å². The number of carbonyl (C=O) groups is 1. The lowest BCUT2D eigenvalue weighted by Crippen LogP contribution is -2.42. The van der Waals surface area contributed by atoms with Crippen molar-refractivity contribution in [2.75, 3.05) is 0 Å². The van der Waals surface area contributed by atoms with Gasteiger partial charge in [0.15, 0.2) is 6.10 Å². The molecule has 0 aromatic heterocycles. The van der Waals surface area contributed by atoms with Gasteiger partial charge in [0.25, 0.3) is 0 Å². The molecule has 0 spiro atoms. The molecule has 1 saturated carbocycles. The van der Waals surface area contributed by atoms with Crippen LogP contribution in [0.1, 0.15) is 51.9 Å². The van der Waals surface area contributed by atoms with Gasteiger partial charge in [-0.25, -0.2) is 0 Å². The highest BCUT2D eigenvalue weighted by Gasteiger charge is 2.49. The van der Waals surface area contributed by atoms with E-state index in [1.165, 1.54) is 0 Å². The van der Waals surface area contributed by atoms with Gasteiger partial charge in [-0.05, 0) is 38.0 Å². The topological polar surface area (TPSA) is 57.5 Å². The van der Waals surface area contributed by atoms with Crippen molar-refractivity contribution in [2.24, 2.45) is 11.3 Å². The predicted molar refractivity (Wildman–Crippen MR) is 63.6 cm³/mol. The molecular formula is C13H21F3O3. The van der Waals surface area contributed by atoms with Crippen LogP contribution in [0.2, 0.25) is 0 Å². The Morgan fingerprint density at radius 3 is 2.26 bits per heavy atom. The summed E-state index contributed by atoms with van der Waals surface area (Å²) in [4.78, 5) is 11.3. The fraction of sp³-hybridized carbons (Fsp3) is 0.923. The molecule has 0 bridgehead atoms. The van der Waals surface area contributed by atoms with E-state index < -0.39 is 30.1 Å². The summed E-state index contributed by atoms with van der Waals surface area (Å²) in [6, 6.07) is 0. The van der Waals surface area contributed by atoms with Crippen LogP contribution >= 0.6 is 0 Å². The number of carboxylic acid groups (broad SMARTS) is 1. The lowest BCUT2D eigenvalue weighted by Gasteiger charge is -2.38. The van der Waals surface area contributed by atoms with E-state index in [1.54, 1.807) is 0 Å². The summed E-state index contributed by atoms with van der Waals surface area (Å²) in [5.41, 5.74) is -1.42. The standard InChI is InChI=1S/C13H21F3O3/c1-2-3-9-4-6-12(7-5-9,11(18)19)8-10(17)13(14,15)16/h9-10,17H,2-8H2,1H3,(H,18,19). The van der Waals surface area contributed by atoms with E-state index in [2.05, 4.69) is 0 Å². The molecule has 0 radical (unpaired) electrons. The Labute approximate surface area is 110 Å². The quantitative estimate of drug-likeness (QED) is 0.813. The van der Waals surface area contributed by atoms with Crippen LogP contribution in [0, 0.1) is 11.3 Å². The molecule has 0 aromatic rings. The van der Waals surface area contributed by atoms with Gasteiger partial charge in [0.1, 0.15) is 0 Å². The first kappa shape index (κ1) is 16.3. The van der Waals surface area contributed by atoms with E-state index in [9.17, 15) is 23.1 Å². The van der Waals surface area contributed by atoms with Crippen LogP contribution in [0.3, 0.4) is 0 Å². The third-order valence-corrected chi connectivity index (χ3v) is 4.17. The van der Waals surface area contributed by atoms with Crippen molar-refractivity contribution in [1.82, 2.24) is 0 Å². The third-order valence-electron chi connectivity index (χ3n) is 4.17. The van der Waals surface area contributed by atoms with E-state index in [4.69, 9.17) is 5.11 Å². The third kappa shape index (κ3) is 4.09. The molecule has 6 heteroatoms. The molecule has 1 rings (SSSR count). The minimum Gasteiger partial charge on any atom is -0.481 e. The smallest absolute Gasteiger partial charge is 0.414 e. The molecule has 1 fully saturated rings. The van der Waals surface area contributed by atoms with E-state index in [1.807, 2.05) is 6.92 Å². The SMILES string of the molecule is CCCC1CCC(CC(O)C(F)(F)F)(C(=O)O)CC1. The summed E-state index contributed by atoms with van der Waals surface area (Å²) in [6.07, 6.45) is -4.34. The zero-order chi connectivity index (χ0) is 14.7. The molecule has 0 amide bonds. The van der Waals surface area contributed by atoms with Crippen LogP contribution in [0.15, 0.2) is 0 Å². The second-order valence-corrected chi connectivity index (χ2v) is 5.58. The second kappa shape index (κ2) is 6.11. The van der Waals surface area contributed by atoms with Crippen molar-refractivity contribution in [3.63, 3.8) is 0 Å². The summed E-state index contributed by atoms with van der Waals surface area (Å²) < 4.78 is 37.2. The second-order valence-electron chi connectivity index (χ2n) is 5.58. The summed E-state index contributed by atoms with van der Waals surface area (Å²) in [7, 11) is 0. The normalized spacial score (nSPS) is 30.1. The van der Waals surface area contributed by atoms with Gasteiger partial charge < -0.3 is 10.2 Å². The zero-order valence-electron chi connectivity index (χ0n) is 11.0. The summed E-state index contributed by atoms with van der Waals surface area (Å²) in [5, 5.41) is 18.4. The molecule has 2 N–H and O–H groups in total. The van der Waals surface area contributed by atoms with Crippen molar-refractivity contribution in [1.29, 1.82) is 0 Å². The Kier molecular flexibility index (Phi) is 5.24. The Balaban J connectivity index is 2.71. The number of aliphatic carboxylic acids is 1. The number of halogens is 3. The van der Waals surface area contributed by atoms with Gasteiger partial charge in [-0.1, -0.05) is 19.8 Å². The van der Waals surface area contributed by atoms with Crippen LogP contribution in [0.4, 0.5) is 13.2 Å². The van der Waals surface area contributed by atoms with Gasteiger partial charge in [0.2, 0.25) is 0 Å². The van der Waals surface area contributed by atoms with Gasteiger partial charge >= 0.3 is 12.1 Å². The number of aliphatic hydroxyl groups excluding tert-OH is 1. The highest BCUT2D eigenvalue weighted by Crippen LogP contribution is 2.45. The van der Waals surface area contributed by atoms with Gasteiger partial charge in [-0.15, -0.1) is 0 Å². The van der Waals surface area contributed by atoms with Gasteiger partial charge in [0.05, 0.1) is 5.41 Å². The maximum absolute atomic E-state index is 12.4. The minimum absolute atomic E-state index is 0.222. The Morgan fingerprint density at radius 2 is 1.89 bits per heavy atom. The molecular weight excluding hydrogens is 261 g/mol. The van der Waals surface area contributed by atoms with Crippen molar-refractivity contribution < 1.29 is 28.2 Å². The van der Waals surface area contributed by atoms with E-state index in [0.717, 1.165) is 12.8 Å². The average Bonchev–Trinajstić information content (AvgIpc) is 2.30. The minimum atomic E-state index is -4.75. The number of carboxylic acids is 1. The number of hydrogen-bond acceptors (Lipinski definition) is 2. The lowest BCUT2D eigenvalue weighted by molar-refractivity contribution is -0.216. The fourth-order valence-corrected chi connectivity index (χ4v) is 2.92. The highest BCUT2D eigenvalue weighted by molar-refractivity contribution is 5.74. The molecule has 112 valence electrons. The molecule has 0 aromatic carbocycles. The van der Waals surface area contributed by atoms with Gasteiger partial charge in [-0.3, -0.25) is 4.79 Å². The van der Waals surface area contributed by atoms with Crippen LogP contribution < -0.4 is 0 Å². The molecule has 1 atom stereocenters. The number of alkyl halides is 3. The van der Waals surface area contributed by atoms with Crippen molar-refractivity contribution in [3.8, 4) is 0 Å². The van der Waals surface area contributed by atoms with Crippen LogP contribution in [0.5, 0.6) is 0 Å². The molecule has 19 heavy (non-hydrogen) atoms. The zero-order valence-corrected chi connectivity index (χ0v) is 11.0. The Hall–Kier alpha value is -0.780. The summed E-state index contributed by atoms with van der Waals surface area (Å²) >= 11 is 0. The fourth-order valence-electron chi connectivity index (χ4n) is 2.92. The first-order chi connectivity index (χ1) is 8.71. The predicted octanol–water partition coefficient (Wildman–Crippen LogP) is 3.36. The first-order valence-corrected chi connectivity index (χ1v) is 6.69. The van der Waals surface area contributed by atoms with Gasteiger partial charge in [-0.2, -0.15) is 13.2 Å². The number of hydrogen-bond donors (Lipinski definition) is 2. The van der Waals surface area contributed by atoms with Crippen LogP contribution in [-0.4, -0.2) is 28.5 Å². The molecule has 1 aliphatic carbocycles. The summed E-state index contributed by atoms with van der Waals surface area (Å²) in [6.45, 7) is 2.03. The summed E-state index contributed by atoms with van der Waals surface area (Å²) in [5.74, 6) is -0.814. The maximum Gasteiger partial charge on any atom is 0.414 e. The maximum atomic E-state index is 12.4. The van der Waals surface area contributed by atoms with Crippen molar-refractivity contribution in [2.45, 2.75) is 64.1 Å². The molecule has 1 aliphatic rings. The molecule has 1 unspecified atom stereocenters. The lowest BCUT2D eigenvalue weighted by atomic mass is 9.67. The Bertz CT molecular complexity index is 307.